The molecular weight excluding hydrogens is 302 g/mol. The van der Waals surface area contributed by atoms with Gasteiger partial charge in [-0.05, 0) is 31.2 Å². The molecule has 0 radical (unpaired) electrons. The zero-order valence-corrected chi connectivity index (χ0v) is 13.9. The molecule has 1 aliphatic heterocycles. The largest absolute Gasteiger partial charge is 0.365 e. The highest BCUT2D eigenvalue weighted by molar-refractivity contribution is 6.05. The van der Waals surface area contributed by atoms with Gasteiger partial charge in [0.1, 0.15) is 0 Å². The second-order valence-electron chi connectivity index (χ2n) is 6.07. The van der Waals surface area contributed by atoms with Crippen molar-refractivity contribution in [3.8, 4) is 0 Å². The molecule has 1 aliphatic rings. The van der Waals surface area contributed by atoms with E-state index in [2.05, 4.69) is 5.32 Å². The fourth-order valence-corrected chi connectivity index (χ4v) is 3.02. The number of para-hydroxylation sites is 3. The van der Waals surface area contributed by atoms with Crippen LogP contribution in [0.15, 0.2) is 54.6 Å². The lowest BCUT2D eigenvalue weighted by Crippen LogP contribution is -2.44. The number of nitrogens with one attached hydrogen (secondary N) is 1. The topological polar surface area (TPSA) is 52.7 Å². The minimum absolute atomic E-state index is 0.0298. The van der Waals surface area contributed by atoms with E-state index in [1.54, 1.807) is 4.90 Å². The van der Waals surface area contributed by atoms with Crippen LogP contribution in [0.5, 0.6) is 0 Å². The Balaban J connectivity index is 1.86. The first kappa shape index (κ1) is 16.1. The van der Waals surface area contributed by atoms with Crippen molar-refractivity contribution in [3.63, 3.8) is 0 Å². The molecule has 1 N–H and O–H groups in total. The van der Waals surface area contributed by atoms with Crippen molar-refractivity contribution in [1.82, 2.24) is 0 Å². The monoisotopic (exact) mass is 323 g/mol. The molecule has 24 heavy (non-hydrogen) atoms. The van der Waals surface area contributed by atoms with E-state index < -0.39 is 0 Å². The molecule has 2 aromatic rings. The molecule has 5 heteroatoms. The zero-order chi connectivity index (χ0) is 17.1. The van der Waals surface area contributed by atoms with Crippen LogP contribution < -0.4 is 15.1 Å². The summed E-state index contributed by atoms with van der Waals surface area (Å²) in [5.41, 5.74) is 2.42. The molecule has 0 bridgehead atoms. The van der Waals surface area contributed by atoms with Crippen LogP contribution in [0.3, 0.4) is 0 Å². The minimum atomic E-state index is -0.190. The summed E-state index contributed by atoms with van der Waals surface area (Å²) in [7, 11) is 1.89. The molecule has 2 amide bonds. The van der Waals surface area contributed by atoms with Crippen molar-refractivity contribution in [2.24, 2.45) is 0 Å². The number of likely N-dealkylation sites (N-methyl/N-ethyl adjacent to an activating group) is 1. The van der Waals surface area contributed by atoms with Crippen LogP contribution in [0.1, 0.15) is 13.3 Å². The summed E-state index contributed by atoms with van der Waals surface area (Å²) in [6, 6.07) is 17.0. The molecule has 0 saturated carbocycles. The van der Waals surface area contributed by atoms with E-state index in [0.29, 0.717) is 5.69 Å². The van der Waals surface area contributed by atoms with Gasteiger partial charge in [-0.15, -0.1) is 0 Å². The first-order chi connectivity index (χ1) is 11.6. The second kappa shape index (κ2) is 6.74. The van der Waals surface area contributed by atoms with E-state index in [9.17, 15) is 9.59 Å². The van der Waals surface area contributed by atoms with Gasteiger partial charge in [-0.2, -0.15) is 0 Å². The van der Waals surface area contributed by atoms with E-state index in [1.807, 2.05) is 73.5 Å². The first-order valence-corrected chi connectivity index (χ1v) is 8.03. The van der Waals surface area contributed by atoms with Crippen molar-refractivity contribution in [2.45, 2.75) is 19.4 Å². The van der Waals surface area contributed by atoms with Gasteiger partial charge >= 0.3 is 0 Å². The van der Waals surface area contributed by atoms with Crippen molar-refractivity contribution >= 4 is 28.9 Å². The van der Waals surface area contributed by atoms with E-state index >= 15 is 0 Å². The fourth-order valence-electron chi connectivity index (χ4n) is 3.02. The van der Waals surface area contributed by atoms with E-state index in [-0.39, 0.29) is 30.8 Å². The standard InChI is InChI=1S/C19H21N3O2/c1-14-12-18(23)20-16-10-6-7-11-17(16)22(14)19(24)13-21(2)15-8-4-3-5-9-15/h3-11,14H,12-13H2,1-2H3,(H,20,23)/t14-/m0/s1. The summed E-state index contributed by atoms with van der Waals surface area (Å²) in [6.07, 6.45) is 0.287. The molecule has 0 aromatic heterocycles. The Kier molecular flexibility index (Phi) is 4.51. The van der Waals surface area contributed by atoms with Gasteiger partial charge in [0.15, 0.2) is 0 Å². The number of hydrogen-bond donors (Lipinski definition) is 1. The second-order valence-corrected chi connectivity index (χ2v) is 6.07. The maximum absolute atomic E-state index is 13.0. The maximum Gasteiger partial charge on any atom is 0.246 e. The van der Waals surface area contributed by atoms with Crippen LogP contribution in [-0.4, -0.2) is 31.4 Å². The summed E-state index contributed by atoms with van der Waals surface area (Å²) in [5, 5.41) is 2.88. The fraction of sp³-hybridized carbons (Fsp3) is 0.263. The molecule has 0 saturated heterocycles. The molecule has 5 nitrogen and oxygen atoms in total. The van der Waals surface area contributed by atoms with Crippen LogP contribution in [0.2, 0.25) is 0 Å². The Morgan fingerprint density at radius 2 is 1.83 bits per heavy atom. The predicted molar refractivity (Wildman–Crippen MR) is 96.3 cm³/mol. The average molecular weight is 323 g/mol. The third kappa shape index (κ3) is 3.25. The molecule has 1 atom stereocenters. The summed E-state index contributed by atoms with van der Waals surface area (Å²) in [6.45, 7) is 2.15. The van der Waals surface area contributed by atoms with Crippen molar-refractivity contribution in [1.29, 1.82) is 0 Å². The highest BCUT2D eigenvalue weighted by atomic mass is 16.2. The van der Waals surface area contributed by atoms with E-state index in [4.69, 9.17) is 0 Å². The molecule has 3 rings (SSSR count). The highest BCUT2D eigenvalue weighted by Gasteiger charge is 2.29. The van der Waals surface area contributed by atoms with Gasteiger partial charge in [0.2, 0.25) is 11.8 Å². The number of amides is 2. The Labute approximate surface area is 141 Å². The van der Waals surface area contributed by atoms with E-state index in [0.717, 1.165) is 11.4 Å². The lowest BCUT2D eigenvalue weighted by atomic mass is 10.1. The maximum atomic E-state index is 13.0. The van der Waals surface area contributed by atoms with Crippen LogP contribution >= 0.6 is 0 Å². The molecule has 124 valence electrons. The number of rotatable bonds is 3. The SMILES string of the molecule is C[C@H]1CC(=O)Nc2ccccc2N1C(=O)CN(C)c1ccccc1. The molecular formula is C19H21N3O2. The number of carbonyl (C=O) groups is 2. The summed E-state index contributed by atoms with van der Waals surface area (Å²) < 4.78 is 0. The summed E-state index contributed by atoms with van der Waals surface area (Å²) >= 11 is 0. The Morgan fingerprint density at radius 3 is 2.58 bits per heavy atom. The van der Waals surface area contributed by atoms with Crippen LogP contribution in [0.25, 0.3) is 0 Å². The Bertz CT molecular complexity index is 745. The number of fused-ring (bicyclic) bond motifs is 1. The summed E-state index contributed by atoms with van der Waals surface area (Å²) in [5.74, 6) is -0.0977. The number of anilines is 3. The van der Waals surface area contributed by atoms with Crippen molar-refractivity contribution < 1.29 is 9.59 Å². The highest BCUT2D eigenvalue weighted by Crippen LogP contribution is 2.31. The smallest absolute Gasteiger partial charge is 0.246 e. The lowest BCUT2D eigenvalue weighted by molar-refractivity contribution is -0.118. The average Bonchev–Trinajstić information content (AvgIpc) is 2.69. The van der Waals surface area contributed by atoms with Gasteiger partial charge in [0, 0.05) is 25.2 Å². The predicted octanol–water partition coefficient (Wildman–Crippen LogP) is 2.89. The molecule has 0 aliphatic carbocycles. The van der Waals surface area contributed by atoms with E-state index in [1.165, 1.54) is 0 Å². The Hall–Kier alpha value is -2.82. The minimum Gasteiger partial charge on any atom is -0.365 e. The lowest BCUT2D eigenvalue weighted by Gasteiger charge is -2.30. The van der Waals surface area contributed by atoms with Crippen LogP contribution in [0.4, 0.5) is 17.1 Å². The molecule has 0 fully saturated rings. The third-order valence-corrected chi connectivity index (χ3v) is 4.20. The van der Waals surface area contributed by atoms with Gasteiger partial charge in [-0.25, -0.2) is 0 Å². The molecule has 1 heterocycles. The zero-order valence-electron chi connectivity index (χ0n) is 13.9. The molecule has 0 spiro atoms. The number of benzene rings is 2. The van der Waals surface area contributed by atoms with Gasteiger partial charge in [-0.3, -0.25) is 9.59 Å². The van der Waals surface area contributed by atoms with Crippen molar-refractivity contribution in [2.75, 3.05) is 28.7 Å². The first-order valence-electron chi connectivity index (χ1n) is 8.03. The quantitative estimate of drug-likeness (QED) is 0.945. The van der Waals surface area contributed by atoms with Gasteiger partial charge < -0.3 is 15.1 Å². The number of carbonyl (C=O) groups excluding carboxylic acids is 2. The third-order valence-electron chi connectivity index (χ3n) is 4.20. The van der Waals surface area contributed by atoms with Crippen LogP contribution in [-0.2, 0) is 9.59 Å². The normalized spacial score (nSPS) is 16.8. The van der Waals surface area contributed by atoms with Crippen molar-refractivity contribution in [3.05, 3.63) is 54.6 Å². The summed E-state index contributed by atoms with van der Waals surface area (Å²) in [4.78, 5) is 28.6. The molecule has 0 unspecified atom stereocenters. The number of nitrogens with zero attached hydrogens (tertiary/aromatic N) is 2. The van der Waals surface area contributed by atoms with Gasteiger partial charge in [0.05, 0.1) is 17.9 Å². The van der Waals surface area contributed by atoms with Gasteiger partial charge in [-0.1, -0.05) is 30.3 Å². The number of hydrogen-bond acceptors (Lipinski definition) is 3. The Morgan fingerprint density at radius 1 is 1.17 bits per heavy atom. The molecule has 2 aromatic carbocycles. The van der Waals surface area contributed by atoms with Gasteiger partial charge in [0.25, 0.3) is 0 Å². The van der Waals surface area contributed by atoms with Crippen LogP contribution in [0, 0.1) is 0 Å².